The molecule has 2 rings (SSSR count). The molecule has 0 aliphatic rings. The van der Waals surface area contributed by atoms with Crippen molar-refractivity contribution in [3.63, 3.8) is 0 Å². The molecule has 21 heavy (non-hydrogen) atoms. The van der Waals surface area contributed by atoms with Crippen LogP contribution in [0.3, 0.4) is 0 Å². The fraction of sp³-hybridized carbons (Fsp3) is 0.250. The highest BCUT2D eigenvalue weighted by atomic mass is 32.2. The van der Waals surface area contributed by atoms with E-state index >= 15 is 0 Å². The van der Waals surface area contributed by atoms with E-state index < -0.39 is 15.7 Å². The quantitative estimate of drug-likeness (QED) is 0.924. The lowest BCUT2D eigenvalue weighted by Gasteiger charge is -2.19. The van der Waals surface area contributed by atoms with Gasteiger partial charge in [0.05, 0.1) is 5.75 Å². The van der Waals surface area contributed by atoms with E-state index in [1.807, 2.05) is 31.2 Å². The Morgan fingerprint density at radius 1 is 1.10 bits per heavy atom. The highest BCUT2D eigenvalue weighted by molar-refractivity contribution is 7.91. The summed E-state index contributed by atoms with van der Waals surface area (Å²) in [6.45, 7) is 1.93. The molecule has 0 radical (unpaired) electrons. The molecule has 1 unspecified atom stereocenters. The lowest BCUT2D eigenvalue weighted by Crippen LogP contribution is -2.26. The monoisotopic (exact) mass is 307 g/mol. The van der Waals surface area contributed by atoms with Crippen molar-refractivity contribution in [3.8, 4) is 0 Å². The minimum absolute atomic E-state index is 0.185. The summed E-state index contributed by atoms with van der Waals surface area (Å²) in [5, 5.41) is 3.00. The molecule has 2 aromatic rings. The van der Waals surface area contributed by atoms with Gasteiger partial charge in [0.15, 0.2) is 9.84 Å². The maximum atomic E-state index is 13.7. The first kappa shape index (κ1) is 15.7. The maximum absolute atomic E-state index is 13.7. The molecule has 0 fully saturated rings. The van der Waals surface area contributed by atoms with Gasteiger partial charge in [0.1, 0.15) is 10.7 Å². The number of halogens is 1. The molecular weight excluding hydrogens is 289 g/mol. The predicted octanol–water partition coefficient (Wildman–Crippen LogP) is 2.87. The summed E-state index contributed by atoms with van der Waals surface area (Å²) < 4.78 is 38.6. The predicted molar refractivity (Wildman–Crippen MR) is 81.4 cm³/mol. The van der Waals surface area contributed by atoms with Gasteiger partial charge in [0, 0.05) is 6.04 Å². The van der Waals surface area contributed by atoms with Gasteiger partial charge in [-0.05, 0) is 37.2 Å². The molecule has 1 N–H and O–H groups in total. The van der Waals surface area contributed by atoms with Crippen LogP contribution in [0.4, 0.5) is 4.39 Å². The summed E-state index contributed by atoms with van der Waals surface area (Å²) in [6.07, 6.45) is 0. The third-order valence-electron chi connectivity index (χ3n) is 3.47. The molecule has 0 saturated heterocycles. The number of rotatable bonds is 5. The second kappa shape index (κ2) is 6.37. The van der Waals surface area contributed by atoms with Crippen molar-refractivity contribution in [3.05, 3.63) is 65.5 Å². The van der Waals surface area contributed by atoms with Gasteiger partial charge in [-0.3, -0.25) is 0 Å². The minimum atomic E-state index is -3.70. The minimum Gasteiger partial charge on any atom is -0.312 e. The molecule has 3 nitrogen and oxygen atoms in total. The van der Waals surface area contributed by atoms with E-state index in [1.54, 1.807) is 7.05 Å². The van der Waals surface area contributed by atoms with Gasteiger partial charge < -0.3 is 5.32 Å². The average Bonchev–Trinajstić information content (AvgIpc) is 2.46. The summed E-state index contributed by atoms with van der Waals surface area (Å²) in [5.74, 6) is -0.896. The maximum Gasteiger partial charge on any atom is 0.183 e. The third kappa shape index (κ3) is 3.49. The summed E-state index contributed by atoms with van der Waals surface area (Å²) in [7, 11) is -2.00. The van der Waals surface area contributed by atoms with Crippen LogP contribution in [0.15, 0.2) is 53.4 Å². The SMILES string of the molecule is CNC(CS(=O)(=O)c1ccccc1F)c1ccccc1C. The summed E-state index contributed by atoms with van der Waals surface area (Å²) in [5.41, 5.74) is 1.90. The zero-order valence-electron chi connectivity index (χ0n) is 12.0. The van der Waals surface area contributed by atoms with Crippen molar-refractivity contribution < 1.29 is 12.8 Å². The summed E-state index contributed by atoms with van der Waals surface area (Å²) in [4.78, 5) is -0.251. The molecule has 0 aliphatic carbocycles. The molecule has 0 bridgehead atoms. The van der Waals surface area contributed by atoms with Gasteiger partial charge in [-0.15, -0.1) is 0 Å². The number of benzene rings is 2. The van der Waals surface area contributed by atoms with E-state index in [4.69, 9.17) is 0 Å². The van der Waals surface area contributed by atoms with Crippen LogP contribution in [-0.4, -0.2) is 21.2 Å². The van der Waals surface area contributed by atoms with Crippen molar-refractivity contribution >= 4 is 9.84 Å². The van der Waals surface area contributed by atoms with Crippen LogP contribution >= 0.6 is 0 Å². The van der Waals surface area contributed by atoms with Crippen LogP contribution in [0.5, 0.6) is 0 Å². The topological polar surface area (TPSA) is 46.2 Å². The Morgan fingerprint density at radius 3 is 2.33 bits per heavy atom. The van der Waals surface area contributed by atoms with E-state index in [-0.39, 0.29) is 16.7 Å². The normalized spacial score (nSPS) is 13.1. The molecule has 2 aromatic carbocycles. The van der Waals surface area contributed by atoms with Crippen molar-refractivity contribution in [1.29, 1.82) is 0 Å². The number of hydrogen-bond acceptors (Lipinski definition) is 3. The largest absolute Gasteiger partial charge is 0.312 e. The summed E-state index contributed by atoms with van der Waals surface area (Å²) in [6, 6.07) is 12.7. The van der Waals surface area contributed by atoms with Crippen LogP contribution in [0.1, 0.15) is 17.2 Å². The molecule has 0 heterocycles. The highest BCUT2D eigenvalue weighted by Gasteiger charge is 2.24. The van der Waals surface area contributed by atoms with Gasteiger partial charge >= 0.3 is 0 Å². The standard InChI is InChI=1S/C16H18FNO2S/c1-12-7-3-4-8-13(12)15(18-2)11-21(19,20)16-10-6-5-9-14(16)17/h3-10,15,18H,11H2,1-2H3. The first-order valence-electron chi connectivity index (χ1n) is 6.66. The van der Waals surface area contributed by atoms with Crippen molar-refractivity contribution in [2.24, 2.45) is 0 Å². The molecule has 0 saturated carbocycles. The van der Waals surface area contributed by atoms with E-state index in [2.05, 4.69) is 5.32 Å². The Bertz CT molecular complexity index is 729. The zero-order valence-corrected chi connectivity index (χ0v) is 12.8. The molecule has 0 amide bonds. The number of hydrogen-bond donors (Lipinski definition) is 1. The van der Waals surface area contributed by atoms with Crippen molar-refractivity contribution in [2.75, 3.05) is 12.8 Å². The highest BCUT2D eigenvalue weighted by Crippen LogP contribution is 2.23. The molecule has 0 aromatic heterocycles. The number of sulfone groups is 1. The van der Waals surface area contributed by atoms with Gasteiger partial charge in [-0.1, -0.05) is 36.4 Å². The fourth-order valence-electron chi connectivity index (χ4n) is 2.31. The van der Waals surface area contributed by atoms with E-state index in [0.717, 1.165) is 17.2 Å². The second-order valence-electron chi connectivity index (χ2n) is 4.91. The van der Waals surface area contributed by atoms with Crippen LogP contribution in [-0.2, 0) is 9.84 Å². The fourth-order valence-corrected chi connectivity index (χ4v) is 3.93. The van der Waals surface area contributed by atoms with Gasteiger partial charge in [-0.25, -0.2) is 12.8 Å². The molecule has 0 spiro atoms. The Balaban J connectivity index is 2.35. The van der Waals surface area contributed by atoms with Gasteiger partial charge in [0.2, 0.25) is 0 Å². The number of aryl methyl sites for hydroxylation is 1. The van der Waals surface area contributed by atoms with Crippen LogP contribution < -0.4 is 5.32 Å². The van der Waals surface area contributed by atoms with E-state index in [0.29, 0.717) is 0 Å². The smallest absolute Gasteiger partial charge is 0.183 e. The molecule has 0 aliphatic heterocycles. The molecule has 112 valence electrons. The average molecular weight is 307 g/mol. The van der Waals surface area contributed by atoms with Crippen LogP contribution in [0, 0.1) is 12.7 Å². The molecular formula is C16H18FNO2S. The van der Waals surface area contributed by atoms with Crippen LogP contribution in [0.25, 0.3) is 0 Å². The zero-order chi connectivity index (χ0) is 15.5. The van der Waals surface area contributed by atoms with Crippen molar-refractivity contribution in [2.45, 2.75) is 17.9 Å². The van der Waals surface area contributed by atoms with E-state index in [9.17, 15) is 12.8 Å². The Hall–Kier alpha value is -1.72. The first-order chi connectivity index (χ1) is 9.95. The summed E-state index contributed by atoms with van der Waals surface area (Å²) >= 11 is 0. The Morgan fingerprint density at radius 2 is 1.71 bits per heavy atom. The molecule has 5 heteroatoms. The third-order valence-corrected chi connectivity index (χ3v) is 5.24. The van der Waals surface area contributed by atoms with Gasteiger partial charge in [0.25, 0.3) is 0 Å². The lowest BCUT2D eigenvalue weighted by atomic mass is 10.0. The second-order valence-corrected chi connectivity index (χ2v) is 6.91. The lowest BCUT2D eigenvalue weighted by molar-refractivity contribution is 0.554. The number of nitrogens with one attached hydrogen (secondary N) is 1. The van der Waals surface area contributed by atoms with E-state index in [1.165, 1.54) is 18.2 Å². The Kier molecular flexibility index (Phi) is 4.75. The molecule has 1 atom stereocenters. The Labute approximate surface area is 124 Å². The van der Waals surface area contributed by atoms with Crippen LogP contribution in [0.2, 0.25) is 0 Å². The van der Waals surface area contributed by atoms with Gasteiger partial charge in [-0.2, -0.15) is 0 Å². The van der Waals surface area contributed by atoms with Crippen molar-refractivity contribution in [1.82, 2.24) is 5.32 Å². The first-order valence-corrected chi connectivity index (χ1v) is 8.31.